The molecule has 1 amide bonds. The van der Waals surface area contributed by atoms with Gasteiger partial charge >= 0.3 is 6.09 Å². The quantitative estimate of drug-likeness (QED) is 0.437. The zero-order valence-electron chi connectivity index (χ0n) is 23.2. The number of hydrogen-bond donors (Lipinski definition) is 0. The molecule has 1 aliphatic heterocycles. The minimum atomic E-state index is -0.261. The van der Waals surface area contributed by atoms with Gasteiger partial charge in [-0.05, 0) is 99.8 Å². The summed E-state index contributed by atoms with van der Waals surface area (Å²) >= 11 is 0. The molecule has 0 aromatic heterocycles. The molecule has 6 aliphatic rings. The number of hydrogen-bond acceptors (Lipinski definition) is 4. The highest BCUT2D eigenvalue weighted by Crippen LogP contribution is 2.66. The van der Waals surface area contributed by atoms with Gasteiger partial charge in [-0.25, -0.2) is 4.79 Å². The monoisotopic (exact) mass is 498 g/mol. The standard InChI is InChI=1S/C31H50N2O3/c1-4-32(23-8-6-5-7-9-23)18-19-33-21-31(36-28(33)35)17-16-29(2)22(20-31)10-11-24-25-12-13-27(34)30(25,3)15-14-26(24)29/h22-26H,4-21H2,1-3H3/t22-,24-,25-,26-,29-,30-,31+/m0/s1. The van der Waals surface area contributed by atoms with Gasteiger partial charge in [0.05, 0.1) is 6.54 Å². The minimum absolute atomic E-state index is 0.0360. The predicted molar refractivity (Wildman–Crippen MR) is 142 cm³/mol. The van der Waals surface area contributed by atoms with Crippen LogP contribution in [0, 0.1) is 34.5 Å². The van der Waals surface area contributed by atoms with E-state index in [9.17, 15) is 9.59 Å². The van der Waals surface area contributed by atoms with Crippen LogP contribution in [0.25, 0.3) is 0 Å². The Morgan fingerprint density at radius 1 is 0.944 bits per heavy atom. The second kappa shape index (κ2) is 9.27. The van der Waals surface area contributed by atoms with Crippen molar-refractivity contribution in [3.8, 4) is 0 Å². The minimum Gasteiger partial charge on any atom is -0.441 e. The van der Waals surface area contributed by atoms with Crippen molar-refractivity contribution in [2.75, 3.05) is 26.2 Å². The molecule has 6 rings (SSSR count). The average Bonchev–Trinajstić information content (AvgIpc) is 3.36. The normalized spacial score (nSPS) is 45.1. The number of ketones is 1. The second-order valence-electron chi connectivity index (χ2n) is 14.2. The summed E-state index contributed by atoms with van der Waals surface area (Å²) in [5.41, 5.74) is 0.0508. The Bertz CT molecular complexity index is 870. The lowest BCUT2D eigenvalue weighted by molar-refractivity contribution is -0.149. The summed E-state index contributed by atoms with van der Waals surface area (Å²) in [5.74, 6) is 3.29. The Labute approximate surface area is 219 Å². The molecule has 0 aromatic rings. The van der Waals surface area contributed by atoms with Crippen molar-refractivity contribution < 1.29 is 14.3 Å². The lowest BCUT2D eigenvalue weighted by Crippen LogP contribution is -2.56. The molecule has 0 unspecified atom stereocenters. The topological polar surface area (TPSA) is 49.9 Å². The maximum Gasteiger partial charge on any atom is 0.410 e. The maximum absolute atomic E-state index is 13.0. The molecule has 6 fully saturated rings. The van der Waals surface area contributed by atoms with Gasteiger partial charge in [0.1, 0.15) is 11.4 Å². The number of carbonyl (C=O) groups excluding carboxylic acids is 2. The van der Waals surface area contributed by atoms with Gasteiger partial charge in [0.15, 0.2) is 0 Å². The van der Waals surface area contributed by atoms with Gasteiger partial charge in [0, 0.05) is 31.0 Å². The van der Waals surface area contributed by atoms with E-state index < -0.39 is 0 Å². The van der Waals surface area contributed by atoms with Crippen LogP contribution in [0.4, 0.5) is 4.79 Å². The van der Waals surface area contributed by atoms with E-state index in [1.165, 1.54) is 57.8 Å². The van der Waals surface area contributed by atoms with Crippen LogP contribution in [0.2, 0.25) is 0 Å². The van der Waals surface area contributed by atoms with Crippen molar-refractivity contribution in [2.24, 2.45) is 34.5 Å². The molecule has 202 valence electrons. The molecule has 0 aromatic carbocycles. The second-order valence-corrected chi connectivity index (χ2v) is 14.2. The van der Waals surface area contributed by atoms with Crippen molar-refractivity contribution in [3.05, 3.63) is 0 Å². The molecule has 0 bridgehead atoms. The van der Waals surface area contributed by atoms with E-state index in [0.29, 0.717) is 29.1 Å². The molecule has 36 heavy (non-hydrogen) atoms. The van der Waals surface area contributed by atoms with Crippen molar-refractivity contribution in [3.63, 3.8) is 0 Å². The van der Waals surface area contributed by atoms with Gasteiger partial charge in [0.2, 0.25) is 0 Å². The van der Waals surface area contributed by atoms with Gasteiger partial charge in [-0.15, -0.1) is 0 Å². The van der Waals surface area contributed by atoms with Gasteiger partial charge in [0.25, 0.3) is 0 Å². The first-order valence-electron chi connectivity index (χ1n) is 15.5. The first kappa shape index (κ1) is 25.2. The van der Waals surface area contributed by atoms with Gasteiger partial charge in [-0.2, -0.15) is 0 Å². The molecule has 0 N–H and O–H groups in total. The first-order valence-corrected chi connectivity index (χ1v) is 15.5. The lowest BCUT2D eigenvalue weighted by atomic mass is 9.44. The van der Waals surface area contributed by atoms with Crippen LogP contribution in [-0.4, -0.2) is 59.5 Å². The van der Waals surface area contributed by atoms with Crippen molar-refractivity contribution in [2.45, 2.75) is 122 Å². The van der Waals surface area contributed by atoms with Crippen LogP contribution >= 0.6 is 0 Å². The summed E-state index contributed by atoms with van der Waals surface area (Å²) in [4.78, 5) is 30.4. The van der Waals surface area contributed by atoms with Gasteiger partial charge in [-0.1, -0.05) is 40.0 Å². The number of nitrogens with zero attached hydrogens (tertiary/aromatic N) is 2. The van der Waals surface area contributed by atoms with Crippen LogP contribution in [0.1, 0.15) is 111 Å². The number of amides is 1. The molecule has 5 heteroatoms. The van der Waals surface area contributed by atoms with Crippen molar-refractivity contribution >= 4 is 11.9 Å². The van der Waals surface area contributed by atoms with Crippen LogP contribution in [0.5, 0.6) is 0 Å². The van der Waals surface area contributed by atoms with Crippen molar-refractivity contribution in [1.29, 1.82) is 0 Å². The number of carbonyl (C=O) groups is 2. The van der Waals surface area contributed by atoms with Crippen LogP contribution in [-0.2, 0) is 9.53 Å². The molecular weight excluding hydrogens is 448 g/mol. The highest BCUT2D eigenvalue weighted by Gasteiger charge is 2.62. The number of likely N-dealkylation sites (N-methyl/N-ethyl adjacent to an activating group) is 1. The molecule has 1 heterocycles. The molecule has 0 radical (unpaired) electrons. The SMILES string of the molecule is CCN(CCN1C[C@]2(CC[C@@]3(C)[C@@H](CC[C@@H]4[C@@H]3CC[C@]3(C)C(=O)CC[C@@H]43)C2)OC1=O)C1CCCCC1. The molecule has 1 saturated heterocycles. The summed E-state index contributed by atoms with van der Waals surface area (Å²) in [5, 5.41) is 0. The zero-order chi connectivity index (χ0) is 25.1. The molecule has 7 atom stereocenters. The fourth-order valence-electron chi connectivity index (χ4n) is 10.5. The van der Waals surface area contributed by atoms with E-state index in [4.69, 9.17) is 4.74 Å². The highest BCUT2D eigenvalue weighted by atomic mass is 16.6. The number of ether oxygens (including phenoxy) is 1. The summed E-state index contributed by atoms with van der Waals surface area (Å²) in [6.07, 6.45) is 16.7. The van der Waals surface area contributed by atoms with Crippen molar-refractivity contribution in [1.82, 2.24) is 9.80 Å². The van der Waals surface area contributed by atoms with Crippen LogP contribution in [0.3, 0.4) is 0 Å². The third kappa shape index (κ3) is 3.96. The van der Waals surface area contributed by atoms with E-state index in [-0.39, 0.29) is 17.1 Å². The Morgan fingerprint density at radius 2 is 1.75 bits per heavy atom. The smallest absolute Gasteiger partial charge is 0.410 e. The fraction of sp³-hybridized carbons (Fsp3) is 0.935. The third-order valence-corrected chi connectivity index (χ3v) is 12.7. The Kier molecular flexibility index (Phi) is 6.49. The summed E-state index contributed by atoms with van der Waals surface area (Å²) in [6, 6.07) is 0.703. The Hall–Kier alpha value is -1.10. The van der Waals surface area contributed by atoms with Crippen LogP contribution < -0.4 is 0 Å². The van der Waals surface area contributed by atoms with Crippen LogP contribution in [0.15, 0.2) is 0 Å². The fourth-order valence-corrected chi connectivity index (χ4v) is 10.5. The van der Waals surface area contributed by atoms with E-state index in [0.717, 1.165) is 70.1 Å². The highest BCUT2D eigenvalue weighted by molar-refractivity contribution is 5.87. The Morgan fingerprint density at radius 3 is 2.53 bits per heavy atom. The van der Waals surface area contributed by atoms with Gasteiger partial charge < -0.3 is 9.64 Å². The molecule has 5 saturated carbocycles. The first-order chi connectivity index (χ1) is 17.3. The lowest BCUT2D eigenvalue weighted by Gasteiger charge is -2.61. The molecule has 5 aliphatic carbocycles. The number of fused-ring (bicyclic) bond motifs is 5. The molecule has 1 spiro atoms. The molecular formula is C31H50N2O3. The van der Waals surface area contributed by atoms with E-state index in [1.54, 1.807) is 0 Å². The largest absolute Gasteiger partial charge is 0.441 e. The maximum atomic E-state index is 13.0. The zero-order valence-corrected chi connectivity index (χ0v) is 23.2. The predicted octanol–water partition coefficient (Wildman–Crippen LogP) is 6.44. The summed E-state index contributed by atoms with van der Waals surface area (Å²) in [7, 11) is 0. The van der Waals surface area contributed by atoms with E-state index in [2.05, 4.69) is 25.7 Å². The van der Waals surface area contributed by atoms with E-state index in [1.807, 2.05) is 4.90 Å². The summed E-state index contributed by atoms with van der Waals surface area (Å²) in [6.45, 7) is 10.8. The third-order valence-electron chi connectivity index (χ3n) is 12.7. The molecule has 5 nitrogen and oxygen atoms in total. The van der Waals surface area contributed by atoms with E-state index >= 15 is 0 Å². The number of rotatable bonds is 5. The number of Topliss-reactive ketones (excluding diaryl/α,β-unsaturated/α-hetero) is 1. The summed E-state index contributed by atoms with van der Waals surface area (Å²) < 4.78 is 6.27. The van der Waals surface area contributed by atoms with Gasteiger partial charge in [-0.3, -0.25) is 9.69 Å². The average molecular weight is 499 g/mol. The Balaban J connectivity index is 1.10.